The minimum Gasteiger partial charge on any atom is -0.383 e. The first-order valence-electron chi connectivity index (χ1n) is 12.4. The maximum absolute atomic E-state index is 6.29. The topological polar surface area (TPSA) is 102 Å². The summed E-state index contributed by atoms with van der Waals surface area (Å²) in [5.41, 5.74) is 13.0. The van der Waals surface area contributed by atoms with E-state index in [9.17, 15) is 0 Å². The van der Waals surface area contributed by atoms with Crippen molar-refractivity contribution >= 4 is 22.6 Å². The van der Waals surface area contributed by atoms with Crippen LogP contribution in [0, 0.1) is 0 Å². The molecule has 1 saturated heterocycles. The average molecular weight is 479 g/mol. The largest absolute Gasteiger partial charge is 0.383 e. The van der Waals surface area contributed by atoms with Crippen molar-refractivity contribution in [1.82, 2.24) is 29.4 Å². The first kappa shape index (κ1) is 22.6. The van der Waals surface area contributed by atoms with Crippen molar-refractivity contribution in [2.24, 2.45) is 5.84 Å². The predicted octanol–water partition coefficient (Wildman–Crippen LogP) is 3.79. The van der Waals surface area contributed by atoms with Gasteiger partial charge in [-0.2, -0.15) is 0 Å². The molecule has 4 aromatic rings. The van der Waals surface area contributed by atoms with Crippen LogP contribution in [0.2, 0.25) is 0 Å². The zero-order chi connectivity index (χ0) is 24.5. The van der Waals surface area contributed by atoms with Gasteiger partial charge in [0.15, 0.2) is 11.5 Å². The fourth-order valence-electron chi connectivity index (χ4n) is 4.88. The molecule has 1 aliphatic heterocycles. The molecule has 2 aliphatic rings. The van der Waals surface area contributed by atoms with Gasteiger partial charge in [-0.3, -0.25) is 15.3 Å². The lowest BCUT2D eigenvalue weighted by Gasteiger charge is -2.31. The summed E-state index contributed by atoms with van der Waals surface area (Å²) in [6.07, 6.45) is 10.4. The number of hydrogen-bond donors (Lipinski definition) is 2. The molecule has 0 atom stereocenters. The van der Waals surface area contributed by atoms with Gasteiger partial charge in [0.05, 0.1) is 11.3 Å². The van der Waals surface area contributed by atoms with Crippen LogP contribution in [0.5, 0.6) is 0 Å². The van der Waals surface area contributed by atoms with Gasteiger partial charge in [0.1, 0.15) is 11.3 Å². The fourth-order valence-corrected chi connectivity index (χ4v) is 4.88. The molecular formula is C28H30N8. The molecule has 0 amide bonds. The molecule has 1 fully saturated rings. The van der Waals surface area contributed by atoms with Crippen molar-refractivity contribution in [1.29, 1.82) is 0 Å². The van der Waals surface area contributed by atoms with Gasteiger partial charge in [0.2, 0.25) is 0 Å². The van der Waals surface area contributed by atoms with Crippen LogP contribution in [-0.2, 0) is 6.54 Å². The summed E-state index contributed by atoms with van der Waals surface area (Å²) in [6, 6.07) is 16.6. The Morgan fingerprint density at radius 2 is 1.72 bits per heavy atom. The SMILES string of the molecule is Nc1ncccc1-c1nc2ccc(C3=CCCC=C3)nc2n1-c1ccc(CN2CCN(N)CC2)cc1. The van der Waals surface area contributed by atoms with Gasteiger partial charge in [-0.1, -0.05) is 30.4 Å². The molecule has 4 N–H and O–H groups in total. The summed E-state index contributed by atoms with van der Waals surface area (Å²) in [4.78, 5) is 16.8. The second-order valence-corrected chi connectivity index (χ2v) is 9.36. The van der Waals surface area contributed by atoms with E-state index < -0.39 is 0 Å². The van der Waals surface area contributed by atoms with Crippen LogP contribution in [0.25, 0.3) is 33.8 Å². The van der Waals surface area contributed by atoms with Crippen LogP contribution in [0.4, 0.5) is 5.82 Å². The first-order valence-corrected chi connectivity index (χ1v) is 12.4. The highest BCUT2D eigenvalue weighted by Crippen LogP contribution is 2.31. The highest BCUT2D eigenvalue weighted by Gasteiger charge is 2.19. The number of nitrogens with zero attached hydrogens (tertiary/aromatic N) is 6. The number of piperazine rings is 1. The number of pyridine rings is 2. The number of nitrogen functional groups attached to an aromatic ring is 1. The van der Waals surface area contributed by atoms with E-state index in [2.05, 4.69) is 56.9 Å². The minimum atomic E-state index is 0.447. The number of benzene rings is 1. The molecule has 182 valence electrons. The zero-order valence-electron chi connectivity index (χ0n) is 20.2. The van der Waals surface area contributed by atoms with Gasteiger partial charge in [-0.25, -0.2) is 20.0 Å². The van der Waals surface area contributed by atoms with Crippen LogP contribution in [-0.4, -0.2) is 55.6 Å². The maximum Gasteiger partial charge on any atom is 0.165 e. The summed E-state index contributed by atoms with van der Waals surface area (Å²) < 4.78 is 2.09. The molecule has 8 nitrogen and oxygen atoms in total. The molecule has 8 heteroatoms. The van der Waals surface area contributed by atoms with Crippen LogP contribution in [0.3, 0.4) is 0 Å². The third-order valence-corrected chi connectivity index (χ3v) is 6.88. The number of imidazole rings is 1. The van der Waals surface area contributed by atoms with Gasteiger partial charge >= 0.3 is 0 Å². The van der Waals surface area contributed by atoms with Crippen LogP contribution in [0.15, 0.2) is 73.0 Å². The molecule has 1 aromatic carbocycles. The minimum absolute atomic E-state index is 0.447. The van der Waals surface area contributed by atoms with E-state index in [0.717, 1.165) is 85.1 Å². The quantitative estimate of drug-likeness (QED) is 0.421. The van der Waals surface area contributed by atoms with Crippen molar-refractivity contribution in [2.75, 3.05) is 31.9 Å². The van der Waals surface area contributed by atoms with E-state index in [1.165, 1.54) is 5.56 Å². The monoisotopic (exact) mass is 478 g/mol. The molecule has 0 radical (unpaired) electrons. The number of allylic oxidation sites excluding steroid dienone is 4. The number of hydrogen-bond acceptors (Lipinski definition) is 7. The van der Waals surface area contributed by atoms with E-state index in [-0.39, 0.29) is 0 Å². The van der Waals surface area contributed by atoms with E-state index in [0.29, 0.717) is 5.82 Å². The van der Waals surface area contributed by atoms with E-state index in [1.807, 2.05) is 29.3 Å². The second-order valence-electron chi connectivity index (χ2n) is 9.36. The molecule has 0 saturated carbocycles. The lowest BCUT2D eigenvalue weighted by Crippen LogP contribution is -2.48. The van der Waals surface area contributed by atoms with Gasteiger partial charge in [-0.15, -0.1) is 0 Å². The number of rotatable bonds is 5. The fraction of sp³-hybridized carbons (Fsp3) is 0.250. The molecule has 36 heavy (non-hydrogen) atoms. The summed E-state index contributed by atoms with van der Waals surface area (Å²) in [5.74, 6) is 7.10. The van der Waals surface area contributed by atoms with Gasteiger partial charge in [0.25, 0.3) is 0 Å². The number of fused-ring (bicyclic) bond motifs is 1. The van der Waals surface area contributed by atoms with Crippen molar-refractivity contribution in [3.8, 4) is 17.1 Å². The van der Waals surface area contributed by atoms with Crippen LogP contribution < -0.4 is 11.6 Å². The number of nitrogens with two attached hydrogens (primary N) is 2. The van der Waals surface area contributed by atoms with Crippen molar-refractivity contribution in [2.45, 2.75) is 19.4 Å². The van der Waals surface area contributed by atoms with Crippen molar-refractivity contribution < 1.29 is 0 Å². The molecule has 0 unspecified atom stereocenters. The Morgan fingerprint density at radius 3 is 2.47 bits per heavy atom. The van der Waals surface area contributed by atoms with Crippen molar-refractivity contribution in [3.63, 3.8) is 0 Å². The molecule has 4 heterocycles. The van der Waals surface area contributed by atoms with Crippen LogP contribution >= 0.6 is 0 Å². The smallest absolute Gasteiger partial charge is 0.165 e. The van der Waals surface area contributed by atoms with Crippen LogP contribution in [0.1, 0.15) is 24.1 Å². The normalized spacial score (nSPS) is 17.0. The molecule has 0 bridgehead atoms. The Labute approximate surface area is 210 Å². The third-order valence-electron chi connectivity index (χ3n) is 6.88. The first-order chi connectivity index (χ1) is 17.7. The molecule has 1 aliphatic carbocycles. The standard InChI is InChI=1S/C28H30N8/c29-26-23(7-4-14-31-26)27-33-25-13-12-24(21-5-2-1-3-6-21)32-28(25)36(27)22-10-8-20(9-11-22)19-34-15-17-35(30)18-16-34/h2,4-14H,1,3,15-19,30H2,(H2,29,31). The lowest BCUT2D eigenvalue weighted by molar-refractivity contribution is 0.128. The summed E-state index contributed by atoms with van der Waals surface area (Å²) in [5, 5.41) is 1.88. The summed E-state index contributed by atoms with van der Waals surface area (Å²) in [7, 11) is 0. The predicted molar refractivity (Wildman–Crippen MR) is 144 cm³/mol. The highest BCUT2D eigenvalue weighted by atomic mass is 15.4. The van der Waals surface area contributed by atoms with Gasteiger partial charge in [-0.05, 0) is 60.4 Å². The van der Waals surface area contributed by atoms with Crippen molar-refractivity contribution in [3.05, 3.63) is 84.2 Å². The Balaban J connectivity index is 1.42. The van der Waals surface area contributed by atoms with E-state index in [4.69, 9.17) is 21.5 Å². The summed E-state index contributed by atoms with van der Waals surface area (Å²) >= 11 is 0. The van der Waals surface area contributed by atoms with Gasteiger partial charge < -0.3 is 5.73 Å². The number of aromatic nitrogens is 4. The van der Waals surface area contributed by atoms with E-state index >= 15 is 0 Å². The Kier molecular flexibility index (Phi) is 6.06. The maximum atomic E-state index is 6.29. The average Bonchev–Trinajstić information content (AvgIpc) is 3.30. The highest BCUT2D eigenvalue weighted by molar-refractivity contribution is 5.85. The number of anilines is 1. The number of hydrazine groups is 1. The Hall–Kier alpha value is -3.85. The Bertz CT molecular complexity index is 1440. The second kappa shape index (κ2) is 9.66. The third kappa shape index (κ3) is 4.42. The molecular weight excluding hydrogens is 448 g/mol. The molecule has 3 aromatic heterocycles. The van der Waals surface area contributed by atoms with Gasteiger partial charge in [0, 0.05) is 44.6 Å². The summed E-state index contributed by atoms with van der Waals surface area (Å²) in [6.45, 7) is 4.66. The molecule has 6 rings (SSSR count). The van der Waals surface area contributed by atoms with E-state index in [1.54, 1.807) is 6.20 Å². The Morgan fingerprint density at radius 1 is 0.889 bits per heavy atom. The lowest BCUT2D eigenvalue weighted by atomic mass is 10.0. The molecule has 0 spiro atoms. The zero-order valence-corrected chi connectivity index (χ0v) is 20.2.